The smallest absolute Gasteiger partial charge is 0.348 e. The van der Waals surface area contributed by atoms with Gasteiger partial charge in [-0.15, -0.1) is 0 Å². The van der Waals surface area contributed by atoms with Gasteiger partial charge in [-0.1, -0.05) is 11.6 Å². The van der Waals surface area contributed by atoms with E-state index in [9.17, 15) is 18.0 Å². The quantitative estimate of drug-likeness (QED) is 0.909. The fraction of sp³-hybridized carbons (Fsp3) is 0.700. The third-order valence-corrected chi connectivity index (χ3v) is 3.04. The molecule has 2 rings (SSSR count). The highest BCUT2D eigenvalue weighted by molar-refractivity contribution is 6.30. The standard InChI is InChI=1S/C10H12ClF3N2O3/c1-9(2)18-4-5(19-9)3-16-7(11)6(8(17)15-16)10(12,13)14/h5H,3-4H2,1-2H3,(H,15,17). The van der Waals surface area contributed by atoms with Crippen LogP contribution in [0.15, 0.2) is 4.79 Å². The predicted octanol–water partition coefficient (Wildman–Crippen LogP) is 2.00. The third kappa shape index (κ3) is 2.96. The molecule has 1 atom stereocenters. The monoisotopic (exact) mass is 300 g/mol. The lowest BCUT2D eigenvalue weighted by Gasteiger charge is -2.17. The summed E-state index contributed by atoms with van der Waals surface area (Å²) in [5, 5.41) is 1.37. The number of ether oxygens (including phenoxy) is 2. The van der Waals surface area contributed by atoms with E-state index in [2.05, 4.69) is 0 Å². The summed E-state index contributed by atoms with van der Waals surface area (Å²) >= 11 is 5.58. The number of alkyl halides is 3. The predicted molar refractivity (Wildman–Crippen MR) is 60.0 cm³/mol. The van der Waals surface area contributed by atoms with Crippen LogP contribution in [-0.4, -0.2) is 28.3 Å². The summed E-state index contributed by atoms with van der Waals surface area (Å²) in [7, 11) is 0. The van der Waals surface area contributed by atoms with E-state index in [-0.39, 0.29) is 13.2 Å². The second kappa shape index (κ2) is 4.53. The van der Waals surface area contributed by atoms with Crippen molar-refractivity contribution < 1.29 is 22.6 Å². The maximum Gasteiger partial charge on any atom is 0.424 e. The van der Waals surface area contributed by atoms with Crippen molar-refractivity contribution >= 4 is 11.6 Å². The van der Waals surface area contributed by atoms with Gasteiger partial charge < -0.3 is 9.47 Å². The highest BCUT2D eigenvalue weighted by Crippen LogP contribution is 2.32. The van der Waals surface area contributed by atoms with Crippen LogP contribution in [0.25, 0.3) is 0 Å². The van der Waals surface area contributed by atoms with Crippen LogP contribution >= 0.6 is 11.6 Å². The lowest BCUT2D eigenvalue weighted by atomic mass is 10.3. The maximum atomic E-state index is 12.6. The molecule has 0 aromatic carbocycles. The fourth-order valence-electron chi connectivity index (χ4n) is 1.88. The average molecular weight is 301 g/mol. The first kappa shape index (κ1) is 14.4. The van der Waals surface area contributed by atoms with Gasteiger partial charge in [0.1, 0.15) is 11.3 Å². The Bertz CT molecular complexity index is 535. The summed E-state index contributed by atoms with van der Waals surface area (Å²) in [6, 6.07) is 0. The van der Waals surface area contributed by atoms with Crippen molar-refractivity contribution in [3.63, 3.8) is 0 Å². The van der Waals surface area contributed by atoms with Gasteiger partial charge in [0.25, 0.3) is 5.56 Å². The molecule has 108 valence electrons. The zero-order valence-corrected chi connectivity index (χ0v) is 10.9. The van der Waals surface area contributed by atoms with Gasteiger partial charge in [0.05, 0.1) is 13.2 Å². The van der Waals surface area contributed by atoms with Crippen molar-refractivity contribution in [2.45, 2.75) is 38.5 Å². The lowest BCUT2D eigenvalue weighted by Crippen LogP contribution is -2.25. The van der Waals surface area contributed by atoms with Crippen molar-refractivity contribution in [2.75, 3.05) is 6.61 Å². The maximum absolute atomic E-state index is 12.6. The molecule has 1 aliphatic heterocycles. The van der Waals surface area contributed by atoms with E-state index >= 15 is 0 Å². The van der Waals surface area contributed by atoms with Gasteiger partial charge in [-0.05, 0) is 13.8 Å². The second-order valence-corrected chi connectivity index (χ2v) is 5.02. The minimum absolute atomic E-state index is 0.0203. The zero-order chi connectivity index (χ0) is 14.4. The molecular weight excluding hydrogens is 289 g/mol. The molecule has 0 amide bonds. The Morgan fingerprint density at radius 3 is 2.58 bits per heavy atom. The van der Waals surface area contributed by atoms with Crippen LogP contribution < -0.4 is 5.56 Å². The van der Waals surface area contributed by atoms with E-state index in [0.717, 1.165) is 4.68 Å². The molecule has 0 spiro atoms. The average Bonchev–Trinajstić information content (AvgIpc) is 2.67. The fourth-order valence-corrected chi connectivity index (χ4v) is 2.19. The molecule has 1 aliphatic rings. The number of aromatic nitrogens is 2. The van der Waals surface area contributed by atoms with Crippen molar-refractivity contribution in [1.29, 1.82) is 0 Å². The minimum atomic E-state index is -4.79. The topological polar surface area (TPSA) is 56.2 Å². The zero-order valence-electron chi connectivity index (χ0n) is 10.2. The van der Waals surface area contributed by atoms with Gasteiger partial charge in [-0.3, -0.25) is 14.6 Å². The van der Waals surface area contributed by atoms with Crippen molar-refractivity contribution in [2.24, 2.45) is 0 Å². The molecule has 19 heavy (non-hydrogen) atoms. The van der Waals surface area contributed by atoms with E-state index < -0.39 is 34.3 Å². The number of nitrogens with zero attached hydrogens (tertiary/aromatic N) is 1. The van der Waals surface area contributed by atoms with Crippen LogP contribution in [0.3, 0.4) is 0 Å². The van der Waals surface area contributed by atoms with Crippen molar-refractivity contribution in [3.8, 4) is 0 Å². The molecule has 2 heterocycles. The summed E-state index contributed by atoms with van der Waals surface area (Å²) in [5.74, 6) is -0.794. The Kier molecular flexibility index (Phi) is 3.44. The van der Waals surface area contributed by atoms with Crippen LogP contribution in [0, 0.1) is 0 Å². The van der Waals surface area contributed by atoms with Crippen LogP contribution in [0.4, 0.5) is 13.2 Å². The number of H-pyrrole nitrogens is 1. The molecular formula is C10H12ClF3N2O3. The summed E-state index contributed by atoms with van der Waals surface area (Å²) in [6.45, 7) is 3.57. The Hall–Kier alpha value is -0.990. The van der Waals surface area contributed by atoms with E-state index in [0.29, 0.717) is 0 Å². The van der Waals surface area contributed by atoms with Crippen LogP contribution in [0.5, 0.6) is 0 Å². The first-order chi connectivity index (χ1) is 8.60. The number of aromatic amines is 1. The summed E-state index contributed by atoms with van der Waals surface area (Å²) in [5.41, 5.74) is -2.66. The van der Waals surface area contributed by atoms with E-state index in [1.54, 1.807) is 13.8 Å². The van der Waals surface area contributed by atoms with Crippen molar-refractivity contribution in [3.05, 3.63) is 21.1 Å². The van der Waals surface area contributed by atoms with Gasteiger partial charge in [0, 0.05) is 0 Å². The van der Waals surface area contributed by atoms with Crippen LogP contribution in [0.1, 0.15) is 19.4 Å². The third-order valence-electron chi connectivity index (χ3n) is 2.64. The van der Waals surface area contributed by atoms with E-state index in [1.165, 1.54) is 0 Å². The van der Waals surface area contributed by atoms with Gasteiger partial charge >= 0.3 is 6.18 Å². The molecule has 1 aromatic heterocycles. The van der Waals surface area contributed by atoms with Gasteiger partial charge in [0.15, 0.2) is 11.4 Å². The molecule has 0 radical (unpaired) electrons. The molecule has 0 aliphatic carbocycles. The molecule has 1 aromatic rings. The molecule has 1 unspecified atom stereocenters. The minimum Gasteiger partial charge on any atom is -0.348 e. The van der Waals surface area contributed by atoms with Gasteiger partial charge in [-0.25, -0.2) is 0 Å². The largest absolute Gasteiger partial charge is 0.424 e. The number of rotatable bonds is 2. The highest BCUT2D eigenvalue weighted by atomic mass is 35.5. The lowest BCUT2D eigenvalue weighted by molar-refractivity contribution is -0.140. The van der Waals surface area contributed by atoms with Gasteiger partial charge in [0.2, 0.25) is 0 Å². The van der Waals surface area contributed by atoms with Gasteiger partial charge in [-0.2, -0.15) is 13.2 Å². The number of nitrogens with one attached hydrogen (secondary N) is 1. The van der Waals surface area contributed by atoms with E-state index in [1.807, 2.05) is 5.10 Å². The Balaban J connectivity index is 2.22. The molecule has 1 saturated heterocycles. The van der Waals surface area contributed by atoms with Crippen LogP contribution in [0.2, 0.25) is 5.15 Å². The molecule has 0 saturated carbocycles. The summed E-state index contributed by atoms with van der Waals surface area (Å²) < 4.78 is 49.4. The van der Waals surface area contributed by atoms with E-state index in [4.69, 9.17) is 21.1 Å². The summed E-state index contributed by atoms with van der Waals surface area (Å²) in [4.78, 5) is 11.3. The molecule has 1 fully saturated rings. The number of halogens is 4. The Morgan fingerprint density at radius 1 is 1.53 bits per heavy atom. The molecule has 0 bridgehead atoms. The normalized spacial score (nSPS) is 22.9. The SMILES string of the molecule is CC1(C)OCC(Cn2[nH]c(=O)c(C(F)(F)F)c2Cl)O1. The first-order valence-electron chi connectivity index (χ1n) is 5.47. The Labute approximate surface area is 111 Å². The highest BCUT2D eigenvalue weighted by Gasteiger charge is 2.40. The molecule has 5 nitrogen and oxygen atoms in total. The second-order valence-electron chi connectivity index (χ2n) is 4.67. The number of hydrogen-bond donors (Lipinski definition) is 1. The summed E-state index contributed by atoms with van der Waals surface area (Å²) in [6.07, 6.45) is -5.26. The first-order valence-corrected chi connectivity index (χ1v) is 5.85. The Morgan fingerprint density at radius 2 is 2.16 bits per heavy atom. The number of hydrogen-bond acceptors (Lipinski definition) is 3. The van der Waals surface area contributed by atoms with Crippen LogP contribution in [-0.2, 0) is 22.2 Å². The molecule has 1 N–H and O–H groups in total. The molecule has 9 heteroatoms. The van der Waals surface area contributed by atoms with Crippen molar-refractivity contribution in [1.82, 2.24) is 9.78 Å².